The zero-order chi connectivity index (χ0) is 17.7. The molecule has 0 aliphatic carbocycles. The molecule has 130 valence electrons. The third kappa shape index (κ3) is 4.36. The van der Waals surface area contributed by atoms with Crippen LogP contribution in [0.3, 0.4) is 0 Å². The van der Waals surface area contributed by atoms with Crippen molar-refractivity contribution in [3.8, 4) is 5.75 Å². The number of fused-ring (bicyclic) bond motifs is 1. The van der Waals surface area contributed by atoms with Gasteiger partial charge < -0.3 is 9.84 Å². The minimum absolute atomic E-state index is 0.0755. The molecule has 0 radical (unpaired) electrons. The molecule has 0 aliphatic rings. The second-order valence-electron chi connectivity index (χ2n) is 5.34. The van der Waals surface area contributed by atoms with Gasteiger partial charge in [-0.15, -0.1) is 0 Å². The van der Waals surface area contributed by atoms with Crippen molar-refractivity contribution < 1.29 is 23.1 Å². The Morgan fingerprint density at radius 1 is 1.38 bits per heavy atom. The van der Waals surface area contributed by atoms with E-state index >= 15 is 0 Å². The van der Waals surface area contributed by atoms with Crippen molar-refractivity contribution in [2.45, 2.75) is 25.0 Å². The van der Waals surface area contributed by atoms with Crippen LogP contribution < -0.4 is 4.74 Å². The number of pyridine rings is 1. The standard InChI is InChI=1S/C16H18ClNO5S/c1-2-8-24(21,22)11(9-15(19)20)10-23-14-6-5-13(17)12-4-3-7-18-16(12)14/h3-7,11H,2,8-10H2,1H3,(H,19,20)/t11-/m0/s1. The molecule has 2 aromatic rings. The lowest BCUT2D eigenvalue weighted by Crippen LogP contribution is -2.32. The number of carbonyl (C=O) groups is 1. The Bertz CT molecular complexity index is 837. The zero-order valence-corrected chi connectivity index (χ0v) is 14.7. The summed E-state index contributed by atoms with van der Waals surface area (Å²) in [4.78, 5) is 15.2. The fourth-order valence-electron chi connectivity index (χ4n) is 2.35. The van der Waals surface area contributed by atoms with Crippen LogP contribution in [0.2, 0.25) is 5.02 Å². The Morgan fingerprint density at radius 2 is 2.12 bits per heavy atom. The minimum atomic E-state index is -3.55. The van der Waals surface area contributed by atoms with Crippen LogP contribution in [0.4, 0.5) is 0 Å². The molecule has 24 heavy (non-hydrogen) atoms. The van der Waals surface area contributed by atoms with Gasteiger partial charge in [0.1, 0.15) is 23.1 Å². The summed E-state index contributed by atoms with van der Waals surface area (Å²) in [6.45, 7) is 1.48. The molecule has 0 amide bonds. The van der Waals surface area contributed by atoms with Gasteiger partial charge in [-0.2, -0.15) is 0 Å². The Kier molecular flexibility index (Phi) is 6.01. The van der Waals surface area contributed by atoms with E-state index in [1.165, 1.54) is 0 Å². The first-order chi connectivity index (χ1) is 11.3. The zero-order valence-electron chi connectivity index (χ0n) is 13.1. The van der Waals surface area contributed by atoms with Gasteiger partial charge in [-0.1, -0.05) is 18.5 Å². The molecule has 1 atom stereocenters. The van der Waals surface area contributed by atoms with E-state index in [1.54, 1.807) is 37.4 Å². The monoisotopic (exact) mass is 371 g/mol. The molecule has 0 fully saturated rings. The average molecular weight is 372 g/mol. The second kappa shape index (κ2) is 7.81. The van der Waals surface area contributed by atoms with Crippen LogP contribution in [0.5, 0.6) is 5.75 Å². The molecular weight excluding hydrogens is 354 g/mol. The fraction of sp³-hybridized carbons (Fsp3) is 0.375. The van der Waals surface area contributed by atoms with E-state index in [2.05, 4.69) is 4.98 Å². The van der Waals surface area contributed by atoms with E-state index in [9.17, 15) is 13.2 Å². The van der Waals surface area contributed by atoms with E-state index in [0.29, 0.717) is 28.1 Å². The predicted octanol–water partition coefficient (Wildman–Crippen LogP) is 2.94. The van der Waals surface area contributed by atoms with Crippen LogP contribution in [-0.4, -0.2) is 42.1 Å². The average Bonchev–Trinajstić information content (AvgIpc) is 2.53. The summed E-state index contributed by atoms with van der Waals surface area (Å²) in [5.74, 6) is -0.882. The lowest BCUT2D eigenvalue weighted by atomic mass is 10.2. The Balaban J connectivity index is 2.26. The van der Waals surface area contributed by atoms with Crippen LogP contribution in [0.25, 0.3) is 10.9 Å². The molecule has 2 rings (SSSR count). The third-order valence-electron chi connectivity index (χ3n) is 3.50. The number of hydrogen-bond donors (Lipinski definition) is 1. The number of sulfone groups is 1. The highest BCUT2D eigenvalue weighted by Crippen LogP contribution is 2.30. The summed E-state index contributed by atoms with van der Waals surface area (Å²) in [5.41, 5.74) is 0.506. The quantitative estimate of drug-likeness (QED) is 0.766. The number of nitrogens with zero attached hydrogens (tertiary/aromatic N) is 1. The van der Waals surface area contributed by atoms with Crippen LogP contribution in [0.15, 0.2) is 30.5 Å². The summed E-state index contributed by atoms with van der Waals surface area (Å²) < 4.78 is 30.1. The van der Waals surface area contributed by atoms with Gasteiger partial charge in [0.2, 0.25) is 0 Å². The topological polar surface area (TPSA) is 93.6 Å². The predicted molar refractivity (Wildman–Crippen MR) is 92.4 cm³/mol. The number of aliphatic carboxylic acids is 1. The molecule has 0 bridgehead atoms. The largest absolute Gasteiger partial charge is 0.490 e. The number of aromatic nitrogens is 1. The van der Waals surface area contributed by atoms with Crippen LogP contribution in [-0.2, 0) is 14.6 Å². The summed E-state index contributed by atoms with van der Waals surface area (Å²) in [5, 5.41) is 9.05. The number of halogens is 1. The number of ether oxygens (including phenoxy) is 1. The molecular formula is C16H18ClNO5S. The van der Waals surface area contributed by atoms with Crippen molar-refractivity contribution in [3.63, 3.8) is 0 Å². The summed E-state index contributed by atoms with van der Waals surface area (Å²) in [7, 11) is -3.55. The van der Waals surface area contributed by atoms with Crippen molar-refractivity contribution in [3.05, 3.63) is 35.5 Å². The Hall–Kier alpha value is -1.86. The van der Waals surface area contributed by atoms with E-state index in [4.69, 9.17) is 21.4 Å². The normalized spacial score (nSPS) is 12.9. The van der Waals surface area contributed by atoms with Crippen molar-refractivity contribution in [2.75, 3.05) is 12.4 Å². The molecule has 1 aromatic heterocycles. The van der Waals surface area contributed by atoms with Gasteiger partial charge >= 0.3 is 5.97 Å². The first-order valence-electron chi connectivity index (χ1n) is 7.44. The maximum absolute atomic E-state index is 12.2. The van der Waals surface area contributed by atoms with Gasteiger partial charge in [0.25, 0.3) is 0 Å². The van der Waals surface area contributed by atoms with Gasteiger partial charge in [-0.05, 0) is 30.7 Å². The van der Waals surface area contributed by atoms with Gasteiger partial charge in [0.15, 0.2) is 9.84 Å². The number of carboxylic acid groups (broad SMARTS) is 1. The molecule has 1 heterocycles. The van der Waals surface area contributed by atoms with Crippen LogP contribution in [0.1, 0.15) is 19.8 Å². The fourth-order valence-corrected chi connectivity index (χ4v) is 4.14. The Labute approximate surface area is 145 Å². The molecule has 0 saturated carbocycles. The number of carboxylic acids is 1. The SMILES string of the molecule is CCCS(=O)(=O)[C@H](COc1ccc(Cl)c2cccnc12)CC(=O)O. The smallest absolute Gasteiger partial charge is 0.304 e. The third-order valence-corrected chi connectivity index (χ3v) is 6.13. The molecule has 8 heteroatoms. The van der Waals surface area contributed by atoms with E-state index in [-0.39, 0.29) is 12.4 Å². The van der Waals surface area contributed by atoms with Gasteiger partial charge in [0, 0.05) is 11.6 Å². The lowest BCUT2D eigenvalue weighted by molar-refractivity contribution is -0.137. The first kappa shape index (κ1) is 18.5. The van der Waals surface area contributed by atoms with Crippen molar-refractivity contribution in [1.29, 1.82) is 0 Å². The van der Waals surface area contributed by atoms with Gasteiger partial charge in [0.05, 0.1) is 17.2 Å². The van der Waals surface area contributed by atoms with E-state index in [0.717, 1.165) is 0 Å². The summed E-state index contributed by atoms with van der Waals surface area (Å²) in [6, 6.07) is 6.74. The maximum Gasteiger partial charge on any atom is 0.304 e. The Morgan fingerprint density at radius 3 is 2.79 bits per heavy atom. The highest BCUT2D eigenvalue weighted by Gasteiger charge is 2.28. The van der Waals surface area contributed by atoms with Crippen molar-refractivity contribution in [1.82, 2.24) is 4.98 Å². The molecule has 1 aromatic carbocycles. The summed E-state index contributed by atoms with van der Waals surface area (Å²) >= 11 is 6.11. The lowest BCUT2D eigenvalue weighted by Gasteiger charge is -2.17. The first-order valence-corrected chi connectivity index (χ1v) is 9.54. The molecule has 0 aliphatic heterocycles. The molecule has 1 N–H and O–H groups in total. The number of rotatable bonds is 8. The second-order valence-corrected chi connectivity index (χ2v) is 8.15. The van der Waals surface area contributed by atoms with Gasteiger partial charge in [-0.3, -0.25) is 9.78 Å². The molecule has 0 saturated heterocycles. The van der Waals surface area contributed by atoms with E-state index < -0.39 is 27.5 Å². The highest BCUT2D eigenvalue weighted by atomic mass is 35.5. The van der Waals surface area contributed by atoms with Gasteiger partial charge in [-0.25, -0.2) is 8.42 Å². The number of benzene rings is 1. The molecule has 6 nitrogen and oxygen atoms in total. The number of hydrogen-bond acceptors (Lipinski definition) is 5. The van der Waals surface area contributed by atoms with E-state index in [1.807, 2.05) is 0 Å². The molecule has 0 spiro atoms. The van der Waals surface area contributed by atoms with Crippen LogP contribution >= 0.6 is 11.6 Å². The summed E-state index contributed by atoms with van der Waals surface area (Å²) in [6.07, 6.45) is 1.50. The highest BCUT2D eigenvalue weighted by molar-refractivity contribution is 7.92. The maximum atomic E-state index is 12.2. The minimum Gasteiger partial charge on any atom is -0.490 e. The molecule has 0 unspecified atom stereocenters. The van der Waals surface area contributed by atoms with Crippen LogP contribution in [0, 0.1) is 0 Å². The van der Waals surface area contributed by atoms with Crippen molar-refractivity contribution >= 4 is 38.3 Å². The van der Waals surface area contributed by atoms with Crippen molar-refractivity contribution in [2.24, 2.45) is 0 Å².